The Kier molecular flexibility index (Phi) is 6.22. The van der Waals surface area contributed by atoms with Crippen LogP contribution >= 0.6 is 12.4 Å². The van der Waals surface area contributed by atoms with Gasteiger partial charge in [-0.2, -0.15) is 0 Å². The first-order chi connectivity index (χ1) is 4.42. The van der Waals surface area contributed by atoms with E-state index in [2.05, 4.69) is 4.74 Å². The smallest absolute Gasteiger partial charge is 0.444 e. The molecule has 0 aliphatic rings. The molecule has 0 aromatic heterocycles. The molecule has 0 aliphatic heterocycles. The molecule has 1 amide bonds. The Balaban J connectivity index is -0.000000405. The Morgan fingerprint density at radius 3 is 2.27 bits per heavy atom. The average molecular weight is 185 g/mol. The molecule has 0 heterocycles. The first-order valence-electron chi connectivity index (χ1n) is 3.14. The lowest BCUT2D eigenvalue weighted by Gasteiger charge is -2.22. The number of primary amides is 1. The molecule has 4 nitrogen and oxygen atoms in total. The molecule has 0 aromatic rings. The van der Waals surface area contributed by atoms with Gasteiger partial charge in [-0.15, -0.1) is 12.4 Å². The summed E-state index contributed by atoms with van der Waals surface area (Å²) in [6, 6.07) is 0. The minimum absolute atomic E-state index is 0. The molecular weight excluding hydrogens is 168 g/mol. The fraction of sp³-hybridized carbons (Fsp3) is 0.833. The minimum atomic E-state index is -0.701. The maximum absolute atomic E-state index is 10.1. The van der Waals surface area contributed by atoms with Crippen molar-refractivity contribution in [2.24, 2.45) is 5.73 Å². The van der Waals surface area contributed by atoms with Gasteiger partial charge in [0.2, 0.25) is 0 Å². The first-order valence-corrected chi connectivity index (χ1v) is 3.14. The van der Waals surface area contributed by atoms with Gasteiger partial charge in [0, 0.05) is 0 Å². The highest BCUT2D eigenvalue weighted by Crippen LogP contribution is 1.88. The second-order valence-corrected chi connectivity index (χ2v) is 3.18. The maximum atomic E-state index is 10.1. The van der Waals surface area contributed by atoms with Crippen molar-refractivity contribution in [2.45, 2.75) is 0 Å². The Bertz CT molecular complexity index is 127. The molecule has 0 saturated carbocycles. The van der Waals surface area contributed by atoms with Crippen molar-refractivity contribution in [2.75, 3.05) is 34.3 Å². The van der Waals surface area contributed by atoms with Gasteiger partial charge in [-0.05, 0) is 0 Å². The lowest BCUT2D eigenvalue weighted by Crippen LogP contribution is -2.38. The van der Waals surface area contributed by atoms with Gasteiger partial charge in [-0.25, -0.2) is 4.79 Å². The summed E-state index contributed by atoms with van der Waals surface area (Å²) in [6.07, 6.45) is -0.701. The van der Waals surface area contributed by atoms with Crippen LogP contribution in [0.5, 0.6) is 0 Å². The van der Waals surface area contributed by atoms with E-state index in [4.69, 9.17) is 5.73 Å². The summed E-state index contributed by atoms with van der Waals surface area (Å²) in [4.78, 5) is 10.1. The Morgan fingerprint density at radius 2 is 2.00 bits per heavy atom. The number of nitrogens with zero attached hydrogens (tertiary/aromatic N) is 1. The summed E-state index contributed by atoms with van der Waals surface area (Å²) < 4.78 is 5.31. The van der Waals surface area contributed by atoms with Crippen LogP contribution in [0.2, 0.25) is 0 Å². The van der Waals surface area contributed by atoms with E-state index in [1.165, 1.54) is 0 Å². The maximum Gasteiger partial charge on any atom is 1.00 e. The lowest BCUT2D eigenvalue weighted by atomic mass is 10.5. The normalized spacial score (nSPS) is 10.1. The third-order valence-corrected chi connectivity index (χ3v) is 1.01. The van der Waals surface area contributed by atoms with Crippen molar-refractivity contribution >= 4 is 18.5 Å². The number of carbonyl (C=O) groups excluding carboxylic acids is 1. The summed E-state index contributed by atoms with van der Waals surface area (Å²) in [7, 11) is 6.05. The van der Waals surface area contributed by atoms with E-state index >= 15 is 0 Å². The van der Waals surface area contributed by atoms with Crippen molar-refractivity contribution in [1.29, 1.82) is 0 Å². The molecule has 2 N–H and O–H groups in total. The molecule has 0 radical (unpaired) electrons. The van der Waals surface area contributed by atoms with Gasteiger partial charge in [-0.1, -0.05) is 0 Å². The summed E-state index contributed by atoms with van der Waals surface area (Å²) in [5.74, 6) is 0. The number of rotatable bonds is 3. The molecule has 5 heteroatoms. The zero-order valence-electron chi connectivity index (χ0n) is 8.16. The van der Waals surface area contributed by atoms with Crippen molar-refractivity contribution in [3.05, 3.63) is 0 Å². The van der Waals surface area contributed by atoms with E-state index in [1.54, 1.807) is 0 Å². The predicted octanol–water partition coefficient (Wildman–Crippen LogP) is 0.322. The SMILES string of the molecule is C[N+](C)(C)CCOC(N)=O.Cl.[H+]. The van der Waals surface area contributed by atoms with Crippen molar-refractivity contribution in [3.63, 3.8) is 0 Å². The van der Waals surface area contributed by atoms with Gasteiger partial charge in [-0.3, -0.25) is 0 Å². The highest BCUT2D eigenvalue weighted by atomic mass is 35.5. The van der Waals surface area contributed by atoms with Gasteiger partial charge in [0.1, 0.15) is 13.2 Å². The highest BCUT2D eigenvalue weighted by molar-refractivity contribution is 5.85. The lowest BCUT2D eigenvalue weighted by molar-refractivity contribution is -0.870. The van der Waals surface area contributed by atoms with E-state index in [0.717, 1.165) is 11.0 Å². The number of likely N-dealkylation sites (N-methyl/N-ethyl adjacent to an activating group) is 1. The van der Waals surface area contributed by atoms with E-state index in [9.17, 15) is 4.79 Å². The average Bonchev–Trinajstić information content (AvgIpc) is 1.59. The molecule has 0 saturated heterocycles. The van der Waals surface area contributed by atoms with Crippen LogP contribution in [0.15, 0.2) is 0 Å². The third kappa shape index (κ3) is 12.7. The van der Waals surface area contributed by atoms with Crippen LogP contribution in [0.1, 0.15) is 1.43 Å². The summed E-state index contributed by atoms with van der Waals surface area (Å²) >= 11 is 0. The largest absolute Gasteiger partial charge is 1.00 e. The highest BCUT2D eigenvalue weighted by Gasteiger charge is 2.06. The van der Waals surface area contributed by atoms with E-state index in [0.29, 0.717) is 6.61 Å². The number of ether oxygens (including phenoxy) is 1. The number of amides is 1. The van der Waals surface area contributed by atoms with Gasteiger partial charge >= 0.3 is 7.52 Å². The Morgan fingerprint density at radius 1 is 1.55 bits per heavy atom. The van der Waals surface area contributed by atoms with Gasteiger partial charge in [0.15, 0.2) is 0 Å². The van der Waals surface area contributed by atoms with Crippen LogP contribution < -0.4 is 5.73 Å². The summed E-state index contributed by atoms with van der Waals surface area (Å²) in [5, 5.41) is 0. The van der Waals surface area contributed by atoms with Crippen molar-refractivity contribution in [1.82, 2.24) is 0 Å². The van der Waals surface area contributed by atoms with Crippen LogP contribution in [0.25, 0.3) is 0 Å². The van der Waals surface area contributed by atoms with Gasteiger partial charge < -0.3 is 15.0 Å². The molecule has 0 rings (SSSR count). The number of hydrogen-bond donors (Lipinski definition) is 1. The number of quaternary nitrogens is 1. The number of halogens is 1. The van der Waals surface area contributed by atoms with Crippen LogP contribution in [-0.2, 0) is 4.74 Å². The number of carbonyl (C=O) groups is 1. The second kappa shape index (κ2) is 5.21. The standard InChI is InChI=1S/C6H14N2O2.ClH/c1-8(2,3)4-5-10-6(7)9;/h4-5H2,1-3H3,(H-,7,9);1H/p+2. The molecule has 0 atom stereocenters. The predicted molar refractivity (Wildman–Crippen MR) is 46.8 cm³/mol. The fourth-order valence-corrected chi connectivity index (χ4v) is 0.420. The molecular formula is C6H17ClN2O2+2. The molecule has 0 aromatic carbocycles. The third-order valence-electron chi connectivity index (χ3n) is 1.01. The zero-order valence-corrected chi connectivity index (χ0v) is 7.98. The van der Waals surface area contributed by atoms with E-state index in [1.807, 2.05) is 21.1 Å². The monoisotopic (exact) mass is 184 g/mol. The Hall–Kier alpha value is -0.480. The first kappa shape index (κ1) is 13.1. The molecule has 68 valence electrons. The second-order valence-electron chi connectivity index (χ2n) is 3.18. The molecule has 0 unspecified atom stereocenters. The van der Waals surface area contributed by atoms with E-state index in [-0.39, 0.29) is 13.8 Å². The quantitative estimate of drug-likeness (QED) is 0.643. The number of nitrogens with two attached hydrogens (primary N) is 1. The summed E-state index contributed by atoms with van der Waals surface area (Å²) in [6.45, 7) is 1.17. The molecule has 0 spiro atoms. The van der Waals surface area contributed by atoms with Crippen molar-refractivity contribution < 1.29 is 15.4 Å². The van der Waals surface area contributed by atoms with Crippen LogP contribution in [0.3, 0.4) is 0 Å². The van der Waals surface area contributed by atoms with Gasteiger partial charge in [0.25, 0.3) is 0 Å². The van der Waals surface area contributed by atoms with E-state index < -0.39 is 6.09 Å². The molecule has 11 heavy (non-hydrogen) atoms. The van der Waals surface area contributed by atoms with Crippen LogP contribution in [0, 0.1) is 0 Å². The molecule has 0 aliphatic carbocycles. The topological polar surface area (TPSA) is 52.3 Å². The Labute approximate surface area is 74.8 Å². The summed E-state index contributed by atoms with van der Waals surface area (Å²) in [5.41, 5.74) is 4.75. The van der Waals surface area contributed by atoms with Crippen LogP contribution in [0.4, 0.5) is 4.79 Å². The zero-order chi connectivity index (χ0) is 8.20. The van der Waals surface area contributed by atoms with Crippen molar-refractivity contribution in [3.8, 4) is 0 Å². The molecule has 0 bridgehead atoms. The minimum Gasteiger partial charge on any atom is -0.444 e. The molecule has 0 fully saturated rings. The fourth-order valence-electron chi connectivity index (χ4n) is 0.420. The van der Waals surface area contributed by atoms with Crippen LogP contribution in [-0.4, -0.2) is 44.9 Å². The van der Waals surface area contributed by atoms with Gasteiger partial charge in [0.05, 0.1) is 21.1 Å². The number of hydrogen-bond acceptors (Lipinski definition) is 2.